The number of hydrogen-bond acceptors (Lipinski definition) is 11. The van der Waals surface area contributed by atoms with Crippen LogP contribution < -0.4 is 26.6 Å². The predicted molar refractivity (Wildman–Crippen MR) is 246 cm³/mol. The second-order valence-corrected chi connectivity index (χ2v) is 20.4. The minimum atomic E-state index is -0.989. The smallest absolute Gasteiger partial charge is 0.410 e. The summed E-state index contributed by atoms with van der Waals surface area (Å²) < 4.78 is 6.42. The average Bonchev–Trinajstić information content (AvgIpc) is 3.20. The normalized spacial score (nSPS) is 13.9. The molecule has 1 heterocycles. The number of benzene rings is 1. The largest absolute Gasteiger partial charge is 0.445 e. The number of nitrogens with one attached hydrogen (secondary N) is 5. The molecule has 1 aromatic heterocycles. The summed E-state index contributed by atoms with van der Waals surface area (Å²) in [5.41, 5.74) is 1.50. The van der Waals surface area contributed by atoms with E-state index in [1.54, 1.807) is 58.0 Å². The molecular formula is C43H61IN9O8S+. The van der Waals surface area contributed by atoms with Gasteiger partial charge in [0.25, 0.3) is 5.91 Å². The van der Waals surface area contributed by atoms with E-state index >= 15 is 0 Å². The fourth-order valence-electron chi connectivity index (χ4n) is 5.85. The van der Waals surface area contributed by atoms with E-state index in [2.05, 4.69) is 80.8 Å². The molecule has 2 rings (SSSR count). The lowest BCUT2D eigenvalue weighted by Gasteiger charge is -2.31. The fourth-order valence-corrected chi connectivity index (χ4v) is 7.87. The third kappa shape index (κ3) is 17.0. The number of hydrogen-bond donors (Lipinski definition) is 5. The average molecular weight is 991 g/mol. The molecule has 0 bridgehead atoms. The quantitative estimate of drug-likeness (QED) is 0.0355. The van der Waals surface area contributed by atoms with Crippen LogP contribution in [-0.4, -0.2) is 110 Å². The van der Waals surface area contributed by atoms with E-state index < -0.39 is 59.8 Å². The highest BCUT2D eigenvalue weighted by atomic mass is 127. The molecule has 338 valence electrons. The van der Waals surface area contributed by atoms with E-state index in [1.165, 1.54) is 50.7 Å². The number of carbonyl (C=O) groups is 7. The highest BCUT2D eigenvalue weighted by molar-refractivity contribution is 14.1. The summed E-state index contributed by atoms with van der Waals surface area (Å²) in [6, 6.07) is 7.90. The fraction of sp³-hybridized carbons (Fsp3) is 0.535. The maximum absolute atomic E-state index is 13.3. The van der Waals surface area contributed by atoms with Crippen molar-refractivity contribution in [2.75, 3.05) is 26.0 Å². The number of aromatic nitrogens is 1. The van der Waals surface area contributed by atoms with Gasteiger partial charge in [-0.3, -0.25) is 28.9 Å². The molecule has 5 N–H and O–H groups in total. The zero-order valence-electron chi connectivity index (χ0n) is 37.2. The number of carbonyl (C=O) groups excluding carboxylic acids is 7. The van der Waals surface area contributed by atoms with Crippen molar-refractivity contribution >= 4 is 88.3 Å². The minimum absolute atomic E-state index is 0.0308. The van der Waals surface area contributed by atoms with Crippen molar-refractivity contribution in [3.05, 3.63) is 53.2 Å². The molecule has 0 saturated heterocycles. The van der Waals surface area contributed by atoms with Gasteiger partial charge in [-0.05, 0) is 68.9 Å². The first kappa shape index (κ1) is 53.0. The van der Waals surface area contributed by atoms with Crippen LogP contribution in [0.25, 0.3) is 0 Å². The summed E-state index contributed by atoms with van der Waals surface area (Å²) in [7, 11) is 2.95. The first-order valence-corrected chi connectivity index (χ1v) is 22.3. The Kier molecular flexibility index (Phi) is 21.5. The Morgan fingerprint density at radius 2 is 1.56 bits per heavy atom. The number of nitriles is 1. The lowest BCUT2D eigenvalue weighted by Crippen LogP contribution is -2.56. The van der Waals surface area contributed by atoms with E-state index in [0.717, 1.165) is 23.8 Å². The molecule has 19 heteroatoms. The topological polar surface area (TPSA) is 232 Å². The van der Waals surface area contributed by atoms with Gasteiger partial charge in [0.1, 0.15) is 55.3 Å². The summed E-state index contributed by atoms with van der Waals surface area (Å²) in [6.07, 6.45) is 2.08. The standard InChI is InChI=1S/C43H60IN9O8S/c1-12-13-21-43(8,44)62-40-30(23-45)16-19-32(50-40)38(57)46-22-20-33(54)47-27(6)36(55)48-28(7)37(56)49-31-17-14-29(15-18-31)24-61-42(60)53(11)35(26(4)5)39(58)51-34(25(2)3)41(59)52(9)10/h14-19,25-28,34-35H,9,12-13,20-22,24H2,1-8,10-11H3,(H4-,46,47,48,49,51,54,55,56,57,58)/p+1/t27-,28-,34-,35-,43?/m0/s1. The van der Waals surface area contributed by atoms with E-state index in [0.29, 0.717) is 21.8 Å². The van der Waals surface area contributed by atoms with Crippen molar-refractivity contribution < 1.29 is 42.9 Å². The molecular weight excluding hydrogens is 929 g/mol. The van der Waals surface area contributed by atoms with Gasteiger partial charge in [0.05, 0.1) is 8.32 Å². The number of halogens is 1. The van der Waals surface area contributed by atoms with Gasteiger partial charge in [-0.2, -0.15) is 9.84 Å². The molecule has 2 aromatic rings. The third-order valence-electron chi connectivity index (χ3n) is 9.46. The molecule has 0 aliphatic heterocycles. The lowest BCUT2D eigenvalue weighted by atomic mass is 9.99. The van der Waals surface area contributed by atoms with Crippen molar-refractivity contribution in [2.24, 2.45) is 11.8 Å². The minimum Gasteiger partial charge on any atom is -0.445 e. The van der Waals surface area contributed by atoms with Gasteiger partial charge >= 0.3 is 12.0 Å². The molecule has 0 fully saturated rings. The lowest BCUT2D eigenvalue weighted by molar-refractivity contribution is -0.413. The highest BCUT2D eigenvalue weighted by Gasteiger charge is 2.37. The van der Waals surface area contributed by atoms with Crippen LogP contribution in [0.15, 0.2) is 41.4 Å². The summed E-state index contributed by atoms with van der Waals surface area (Å²) in [5.74, 6) is -3.51. The Morgan fingerprint density at radius 3 is 2.13 bits per heavy atom. The zero-order valence-corrected chi connectivity index (χ0v) is 40.2. The molecule has 7 amide bonds. The first-order chi connectivity index (χ1) is 29.0. The van der Waals surface area contributed by atoms with Crippen molar-refractivity contribution in [1.29, 1.82) is 5.26 Å². The van der Waals surface area contributed by atoms with Crippen LogP contribution in [0.1, 0.15) is 103 Å². The van der Waals surface area contributed by atoms with Crippen molar-refractivity contribution in [1.82, 2.24) is 31.2 Å². The van der Waals surface area contributed by atoms with Gasteiger partial charge in [0.2, 0.25) is 23.6 Å². The van der Waals surface area contributed by atoms with E-state index in [-0.39, 0.29) is 45.8 Å². The van der Waals surface area contributed by atoms with Crippen molar-refractivity contribution in [3.8, 4) is 6.07 Å². The number of unbranched alkanes of at least 4 members (excludes halogenated alkanes) is 1. The van der Waals surface area contributed by atoms with Gasteiger partial charge in [-0.25, -0.2) is 14.6 Å². The van der Waals surface area contributed by atoms with Crippen LogP contribution in [0.3, 0.4) is 0 Å². The summed E-state index contributed by atoms with van der Waals surface area (Å²) in [4.78, 5) is 95.6. The molecule has 62 heavy (non-hydrogen) atoms. The van der Waals surface area contributed by atoms with Gasteiger partial charge in [0, 0.05) is 25.7 Å². The second-order valence-electron chi connectivity index (χ2n) is 15.8. The second kappa shape index (κ2) is 25.1. The number of thioether (sulfide) groups is 1. The molecule has 0 aliphatic rings. The number of amides is 7. The van der Waals surface area contributed by atoms with Gasteiger partial charge in [-0.1, -0.05) is 93.9 Å². The number of anilines is 1. The molecule has 5 atom stereocenters. The van der Waals surface area contributed by atoms with Gasteiger partial charge in [0.15, 0.2) is 6.04 Å². The molecule has 0 spiro atoms. The van der Waals surface area contributed by atoms with E-state index in [1.807, 2.05) is 0 Å². The molecule has 0 saturated carbocycles. The Hall–Kier alpha value is -5.10. The van der Waals surface area contributed by atoms with Crippen LogP contribution in [-0.2, 0) is 35.3 Å². The maximum Gasteiger partial charge on any atom is 0.410 e. The maximum atomic E-state index is 13.3. The first-order valence-electron chi connectivity index (χ1n) is 20.4. The summed E-state index contributed by atoms with van der Waals surface area (Å²) in [6.45, 7) is 17.7. The number of alkyl halides is 1. The van der Waals surface area contributed by atoms with Crippen LogP contribution in [0.5, 0.6) is 0 Å². The number of rotatable bonds is 22. The van der Waals surface area contributed by atoms with Gasteiger partial charge < -0.3 is 31.3 Å². The monoisotopic (exact) mass is 990 g/mol. The van der Waals surface area contributed by atoms with Crippen molar-refractivity contribution in [2.45, 2.75) is 120 Å². The Bertz CT molecular complexity index is 1990. The SMILES string of the molecule is C=[N+](C)C(=O)[C@@H](NC(=O)[C@H](C(C)C)N(C)C(=O)OCc1ccc(NC(=O)[C@H](C)NC(=O)[C@H](C)NC(=O)CCNC(=O)c2ccc(C#N)c(SC(C)(I)CCCC)n2)cc1)C(C)C. The van der Waals surface area contributed by atoms with Gasteiger partial charge in [-0.15, -0.1) is 0 Å². The molecule has 17 nitrogen and oxygen atoms in total. The zero-order chi connectivity index (χ0) is 46.9. The Labute approximate surface area is 382 Å². The molecule has 0 radical (unpaired) electrons. The van der Waals surface area contributed by atoms with Crippen LogP contribution in [0.2, 0.25) is 0 Å². The number of nitrogens with zero attached hydrogens (tertiary/aromatic N) is 4. The van der Waals surface area contributed by atoms with E-state index in [4.69, 9.17) is 4.74 Å². The number of likely N-dealkylation sites (N-methyl/N-ethyl adjacent to an activating group) is 2. The van der Waals surface area contributed by atoms with Crippen molar-refractivity contribution in [3.63, 3.8) is 0 Å². The highest BCUT2D eigenvalue weighted by Crippen LogP contribution is 2.42. The number of pyridine rings is 1. The van der Waals surface area contributed by atoms with Crippen LogP contribution >= 0.6 is 34.4 Å². The third-order valence-corrected chi connectivity index (χ3v) is 11.8. The molecule has 1 unspecified atom stereocenters. The summed E-state index contributed by atoms with van der Waals surface area (Å²) in [5, 5.41) is 23.3. The predicted octanol–water partition coefficient (Wildman–Crippen LogP) is 4.76. The van der Waals surface area contributed by atoms with Crippen LogP contribution in [0, 0.1) is 23.2 Å². The number of ether oxygens (including phenoxy) is 1. The summed E-state index contributed by atoms with van der Waals surface area (Å²) >= 11 is 3.76. The Balaban J connectivity index is 1.85. The molecule has 1 aromatic carbocycles. The molecule has 0 aliphatic carbocycles. The van der Waals surface area contributed by atoms with Crippen LogP contribution in [0.4, 0.5) is 10.5 Å². The van der Waals surface area contributed by atoms with E-state index in [9.17, 15) is 38.8 Å². The Morgan fingerprint density at radius 1 is 0.935 bits per heavy atom.